The number of rotatable bonds is 5. The fourth-order valence-electron chi connectivity index (χ4n) is 3.83. The van der Waals surface area contributed by atoms with E-state index in [9.17, 15) is 0 Å². The molecule has 1 aliphatic carbocycles. The third-order valence-corrected chi connectivity index (χ3v) is 6.40. The molecular formula is C17H29N3S. The molecule has 2 aliphatic rings. The van der Waals surface area contributed by atoms with Crippen LogP contribution < -0.4 is 5.32 Å². The van der Waals surface area contributed by atoms with Crippen LogP contribution in [0.5, 0.6) is 0 Å². The summed E-state index contributed by atoms with van der Waals surface area (Å²) in [7, 11) is 4.51. The van der Waals surface area contributed by atoms with Gasteiger partial charge >= 0.3 is 0 Å². The van der Waals surface area contributed by atoms with Crippen LogP contribution >= 0.6 is 11.3 Å². The lowest BCUT2D eigenvalue weighted by atomic mass is 10.0. The van der Waals surface area contributed by atoms with Crippen LogP contribution in [0.15, 0.2) is 17.5 Å². The van der Waals surface area contributed by atoms with Gasteiger partial charge in [0.1, 0.15) is 0 Å². The molecule has 1 N–H and O–H groups in total. The molecule has 0 aromatic carbocycles. The second-order valence-electron chi connectivity index (χ2n) is 7.08. The topological polar surface area (TPSA) is 18.5 Å². The van der Waals surface area contributed by atoms with E-state index in [1.54, 1.807) is 4.88 Å². The van der Waals surface area contributed by atoms with Crippen molar-refractivity contribution in [2.75, 3.05) is 33.7 Å². The van der Waals surface area contributed by atoms with Gasteiger partial charge in [-0.25, -0.2) is 0 Å². The van der Waals surface area contributed by atoms with E-state index < -0.39 is 0 Å². The molecule has 2 heterocycles. The smallest absolute Gasteiger partial charge is 0.0371 e. The molecule has 1 aliphatic heterocycles. The summed E-state index contributed by atoms with van der Waals surface area (Å²) >= 11 is 1.92. The second kappa shape index (κ2) is 6.37. The summed E-state index contributed by atoms with van der Waals surface area (Å²) in [5, 5.41) is 6.10. The fraction of sp³-hybridized carbons (Fsp3) is 0.765. The Morgan fingerprint density at radius 2 is 2.05 bits per heavy atom. The van der Waals surface area contributed by atoms with E-state index in [0.717, 1.165) is 11.8 Å². The first-order valence-corrected chi connectivity index (χ1v) is 9.12. The molecule has 2 fully saturated rings. The van der Waals surface area contributed by atoms with E-state index in [2.05, 4.69) is 60.6 Å². The highest BCUT2D eigenvalue weighted by Gasteiger charge is 2.43. The Morgan fingerprint density at radius 3 is 2.76 bits per heavy atom. The van der Waals surface area contributed by atoms with Gasteiger partial charge in [0.15, 0.2) is 0 Å². The van der Waals surface area contributed by atoms with Crippen molar-refractivity contribution in [3.05, 3.63) is 22.4 Å². The van der Waals surface area contributed by atoms with Crippen LogP contribution in [0.1, 0.15) is 31.1 Å². The summed E-state index contributed by atoms with van der Waals surface area (Å²) in [4.78, 5) is 6.56. The van der Waals surface area contributed by atoms with Gasteiger partial charge < -0.3 is 10.2 Å². The Morgan fingerprint density at radius 1 is 1.24 bits per heavy atom. The quantitative estimate of drug-likeness (QED) is 0.901. The molecule has 4 heteroatoms. The summed E-state index contributed by atoms with van der Waals surface area (Å²) in [5.41, 5.74) is 0. The second-order valence-corrected chi connectivity index (χ2v) is 8.05. The van der Waals surface area contributed by atoms with Crippen LogP contribution in [0.3, 0.4) is 0 Å². The number of likely N-dealkylation sites (N-methyl/N-ethyl adjacent to an activating group) is 2. The van der Waals surface area contributed by atoms with Crippen molar-refractivity contribution >= 4 is 11.3 Å². The van der Waals surface area contributed by atoms with E-state index in [-0.39, 0.29) is 0 Å². The van der Waals surface area contributed by atoms with E-state index in [0.29, 0.717) is 18.1 Å². The van der Waals surface area contributed by atoms with E-state index >= 15 is 0 Å². The lowest BCUT2D eigenvalue weighted by Crippen LogP contribution is -2.59. The molecule has 1 saturated carbocycles. The van der Waals surface area contributed by atoms with Crippen molar-refractivity contribution < 1.29 is 0 Å². The summed E-state index contributed by atoms with van der Waals surface area (Å²) < 4.78 is 0. The molecule has 0 spiro atoms. The number of thiophene rings is 1. The standard InChI is InChI=1S/C17H29N3S/c1-12(14-10-15(14)17-6-5-9-21-17)18-13(2)16-11-19(3)7-8-20(16)4/h5-6,9,12-16,18H,7-8,10-11H2,1-4H3/t12?,13?,14-,15+,16?/m0/s1. The molecule has 0 bridgehead atoms. The molecule has 1 aromatic heterocycles. The Balaban J connectivity index is 1.52. The van der Waals surface area contributed by atoms with Gasteiger partial charge in [-0.1, -0.05) is 6.07 Å². The molecule has 1 saturated heterocycles. The largest absolute Gasteiger partial charge is 0.310 e. The van der Waals surface area contributed by atoms with Crippen LogP contribution in [-0.4, -0.2) is 61.7 Å². The predicted molar refractivity (Wildman–Crippen MR) is 91.1 cm³/mol. The maximum atomic E-state index is 3.89. The van der Waals surface area contributed by atoms with Crippen LogP contribution in [0.25, 0.3) is 0 Å². The summed E-state index contributed by atoms with van der Waals surface area (Å²) in [6.07, 6.45) is 1.36. The highest BCUT2D eigenvalue weighted by atomic mass is 32.1. The first-order valence-electron chi connectivity index (χ1n) is 8.24. The average molecular weight is 308 g/mol. The van der Waals surface area contributed by atoms with Gasteiger partial charge in [-0.3, -0.25) is 4.90 Å². The van der Waals surface area contributed by atoms with Gasteiger partial charge in [0.2, 0.25) is 0 Å². The number of piperazine rings is 1. The van der Waals surface area contributed by atoms with Gasteiger partial charge in [-0.05, 0) is 57.6 Å². The zero-order valence-electron chi connectivity index (χ0n) is 13.7. The average Bonchev–Trinajstić information content (AvgIpc) is 3.08. The summed E-state index contributed by atoms with van der Waals surface area (Å²) in [6, 6.07) is 6.29. The highest BCUT2D eigenvalue weighted by molar-refractivity contribution is 7.10. The minimum atomic E-state index is 0.553. The molecule has 3 nitrogen and oxygen atoms in total. The fourth-order valence-corrected chi connectivity index (χ4v) is 4.75. The number of hydrogen-bond acceptors (Lipinski definition) is 4. The van der Waals surface area contributed by atoms with Crippen molar-refractivity contribution in [2.24, 2.45) is 5.92 Å². The van der Waals surface area contributed by atoms with Gasteiger partial charge in [0, 0.05) is 42.6 Å². The number of nitrogens with one attached hydrogen (secondary N) is 1. The lowest BCUT2D eigenvalue weighted by Gasteiger charge is -2.42. The van der Waals surface area contributed by atoms with Crippen LogP contribution in [0, 0.1) is 5.92 Å². The molecule has 118 valence electrons. The van der Waals surface area contributed by atoms with Gasteiger partial charge in [0.05, 0.1) is 0 Å². The molecule has 1 aromatic rings. The van der Waals surface area contributed by atoms with Gasteiger partial charge in [-0.2, -0.15) is 0 Å². The molecule has 3 rings (SSSR count). The van der Waals surface area contributed by atoms with Crippen molar-refractivity contribution in [1.82, 2.24) is 15.1 Å². The zero-order valence-corrected chi connectivity index (χ0v) is 14.6. The Bertz CT molecular complexity index is 447. The minimum absolute atomic E-state index is 0.553. The Hall–Kier alpha value is -0.420. The highest BCUT2D eigenvalue weighted by Crippen LogP contribution is 2.50. The molecule has 21 heavy (non-hydrogen) atoms. The van der Waals surface area contributed by atoms with Crippen molar-refractivity contribution in [3.8, 4) is 0 Å². The first kappa shape index (κ1) is 15.5. The van der Waals surface area contributed by atoms with Crippen LogP contribution in [-0.2, 0) is 0 Å². The Kier molecular flexibility index (Phi) is 4.69. The zero-order chi connectivity index (χ0) is 15.0. The maximum absolute atomic E-state index is 3.89. The monoisotopic (exact) mass is 307 g/mol. The molecule has 3 unspecified atom stereocenters. The summed E-state index contributed by atoms with van der Waals surface area (Å²) in [5.74, 6) is 1.64. The summed E-state index contributed by atoms with van der Waals surface area (Å²) in [6.45, 7) is 8.29. The number of nitrogens with zero attached hydrogens (tertiary/aromatic N) is 2. The van der Waals surface area contributed by atoms with Crippen LogP contribution in [0.2, 0.25) is 0 Å². The predicted octanol–water partition coefficient (Wildman–Crippen LogP) is 2.46. The third-order valence-electron chi connectivity index (χ3n) is 5.39. The molecule has 0 amide bonds. The minimum Gasteiger partial charge on any atom is -0.310 e. The van der Waals surface area contributed by atoms with E-state index in [1.165, 1.54) is 26.1 Å². The van der Waals surface area contributed by atoms with Crippen molar-refractivity contribution in [2.45, 2.75) is 44.3 Å². The van der Waals surface area contributed by atoms with E-state index in [4.69, 9.17) is 0 Å². The van der Waals surface area contributed by atoms with Crippen molar-refractivity contribution in [3.63, 3.8) is 0 Å². The molecule has 0 radical (unpaired) electrons. The van der Waals surface area contributed by atoms with E-state index in [1.807, 2.05) is 11.3 Å². The maximum Gasteiger partial charge on any atom is 0.0371 e. The Labute approximate surface area is 133 Å². The SMILES string of the molecule is CC(NC(C)[C@@H]1C[C@H]1c1cccs1)C1CN(C)CCN1C. The normalized spacial score (nSPS) is 33.8. The first-order chi connectivity index (χ1) is 10.1. The third kappa shape index (κ3) is 3.50. The van der Waals surface area contributed by atoms with Gasteiger partial charge in [0.25, 0.3) is 0 Å². The number of hydrogen-bond donors (Lipinski definition) is 1. The van der Waals surface area contributed by atoms with Crippen molar-refractivity contribution in [1.29, 1.82) is 0 Å². The van der Waals surface area contributed by atoms with Crippen LogP contribution in [0.4, 0.5) is 0 Å². The van der Waals surface area contributed by atoms with Gasteiger partial charge in [-0.15, -0.1) is 11.3 Å². The lowest BCUT2D eigenvalue weighted by molar-refractivity contribution is 0.0884. The molecule has 5 atom stereocenters. The molecular weight excluding hydrogens is 278 g/mol.